The van der Waals surface area contributed by atoms with Crippen molar-refractivity contribution in [2.24, 2.45) is 5.92 Å². The van der Waals surface area contributed by atoms with Crippen LogP contribution in [-0.4, -0.2) is 23.3 Å². The molecular weight excluding hydrogens is 274 g/mol. The molecule has 1 aromatic rings. The van der Waals surface area contributed by atoms with Crippen molar-refractivity contribution in [1.82, 2.24) is 4.90 Å². The normalized spacial score (nSPS) is 21.6. The zero-order valence-corrected chi connectivity index (χ0v) is 12.2. The van der Waals surface area contributed by atoms with Crippen molar-refractivity contribution in [3.05, 3.63) is 35.4 Å². The average Bonchev–Trinajstić information content (AvgIpc) is 2.40. The Balaban J connectivity index is 1.90. The molecule has 0 aliphatic carbocycles. The van der Waals surface area contributed by atoms with Crippen molar-refractivity contribution >= 4 is 15.9 Å². The second kappa shape index (κ2) is 6.55. The summed E-state index contributed by atoms with van der Waals surface area (Å²) in [4.78, 5) is 2.59. The van der Waals surface area contributed by atoms with Gasteiger partial charge in [-0.2, -0.15) is 0 Å². The zero-order chi connectivity index (χ0) is 12.1. The molecule has 0 spiro atoms. The second-order valence-corrected chi connectivity index (χ2v) is 5.72. The number of benzene rings is 1. The van der Waals surface area contributed by atoms with Crippen molar-refractivity contribution < 1.29 is 0 Å². The molecule has 1 unspecified atom stereocenters. The molecule has 1 aromatic carbocycles. The van der Waals surface area contributed by atoms with E-state index in [1.807, 2.05) is 0 Å². The van der Waals surface area contributed by atoms with Gasteiger partial charge in [0.1, 0.15) is 0 Å². The van der Waals surface area contributed by atoms with E-state index in [-0.39, 0.29) is 0 Å². The van der Waals surface area contributed by atoms with Crippen molar-refractivity contribution in [2.45, 2.75) is 32.7 Å². The molecular formula is C15H22BrN. The molecule has 1 heterocycles. The highest BCUT2D eigenvalue weighted by Crippen LogP contribution is 2.20. The fourth-order valence-corrected chi connectivity index (χ4v) is 3.09. The Morgan fingerprint density at radius 3 is 2.59 bits per heavy atom. The lowest BCUT2D eigenvalue weighted by atomic mass is 9.99. The number of halogens is 1. The third-order valence-electron chi connectivity index (χ3n) is 3.66. The number of hydrogen-bond donors (Lipinski definition) is 0. The average molecular weight is 296 g/mol. The van der Waals surface area contributed by atoms with Crippen molar-refractivity contribution in [3.8, 4) is 0 Å². The molecule has 1 aliphatic heterocycles. The van der Waals surface area contributed by atoms with Gasteiger partial charge in [0.25, 0.3) is 0 Å². The quantitative estimate of drug-likeness (QED) is 0.763. The van der Waals surface area contributed by atoms with Crippen LogP contribution in [0.5, 0.6) is 0 Å². The molecule has 1 saturated heterocycles. The number of hydrogen-bond acceptors (Lipinski definition) is 1. The number of rotatable bonds is 4. The standard InChI is InChI=1S/C15H22BrN/c1-2-13-5-7-14(8-6-13)11-17-9-3-4-15(10-16)12-17/h5-8,15H,2-4,9-12H2,1H3. The molecule has 0 bridgehead atoms. The maximum absolute atomic E-state index is 3.62. The molecule has 17 heavy (non-hydrogen) atoms. The van der Waals surface area contributed by atoms with Crippen LogP contribution in [0.2, 0.25) is 0 Å². The molecule has 1 atom stereocenters. The molecule has 1 fully saturated rings. The molecule has 2 heteroatoms. The van der Waals surface area contributed by atoms with E-state index in [1.165, 1.54) is 37.1 Å². The summed E-state index contributed by atoms with van der Waals surface area (Å²) in [5.41, 5.74) is 2.89. The molecule has 2 rings (SSSR count). The monoisotopic (exact) mass is 295 g/mol. The molecule has 0 radical (unpaired) electrons. The molecule has 1 nitrogen and oxygen atoms in total. The van der Waals surface area contributed by atoms with Gasteiger partial charge in [-0.25, -0.2) is 0 Å². The van der Waals surface area contributed by atoms with Crippen LogP contribution in [0.3, 0.4) is 0 Å². The van der Waals surface area contributed by atoms with Gasteiger partial charge in [-0.05, 0) is 42.9 Å². The van der Waals surface area contributed by atoms with E-state index in [4.69, 9.17) is 0 Å². The SMILES string of the molecule is CCc1ccc(CN2CCCC(CBr)C2)cc1. The van der Waals surface area contributed by atoms with E-state index in [0.29, 0.717) is 0 Å². The van der Waals surface area contributed by atoms with Gasteiger partial charge in [0, 0.05) is 18.4 Å². The van der Waals surface area contributed by atoms with E-state index in [2.05, 4.69) is 52.0 Å². The highest BCUT2D eigenvalue weighted by atomic mass is 79.9. The molecule has 0 aromatic heterocycles. The second-order valence-electron chi connectivity index (χ2n) is 5.07. The largest absolute Gasteiger partial charge is 0.299 e. The minimum Gasteiger partial charge on any atom is -0.299 e. The first-order valence-corrected chi connectivity index (χ1v) is 7.80. The number of aryl methyl sites for hydroxylation is 1. The van der Waals surface area contributed by atoms with Crippen LogP contribution in [0.4, 0.5) is 0 Å². The topological polar surface area (TPSA) is 3.24 Å². The van der Waals surface area contributed by atoms with Gasteiger partial charge < -0.3 is 0 Å². The molecule has 1 aliphatic rings. The number of alkyl halides is 1. The van der Waals surface area contributed by atoms with Gasteiger partial charge in [-0.1, -0.05) is 47.1 Å². The summed E-state index contributed by atoms with van der Waals surface area (Å²) in [5.74, 6) is 0.846. The fourth-order valence-electron chi connectivity index (χ4n) is 2.56. The fraction of sp³-hybridized carbons (Fsp3) is 0.600. The summed E-state index contributed by atoms with van der Waals surface area (Å²) in [5, 5.41) is 1.15. The van der Waals surface area contributed by atoms with E-state index >= 15 is 0 Å². The van der Waals surface area contributed by atoms with Crippen molar-refractivity contribution in [2.75, 3.05) is 18.4 Å². The smallest absolute Gasteiger partial charge is 0.0233 e. The van der Waals surface area contributed by atoms with Crippen LogP contribution >= 0.6 is 15.9 Å². The predicted molar refractivity (Wildman–Crippen MR) is 77.6 cm³/mol. The Hall–Kier alpha value is -0.340. The molecule has 94 valence electrons. The highest BCUT2D eigenvalue weighted by Gasteiger charge is 2.18. The summed E-state index contributed by atoms with van der Waals surface area (Å²) in [6.07, 6.45) is 3.87. The Morgan fingerprint density at radius 2 is 1.94 bits per heavy atom. The first-order chi connectivity index (χ1) is 8.31. The summed E-state index contributed by atoms with van der Waals surface area (Å²) < 4.78 is 0. The van der Waals surface area contributed by atoms with Gasteiger partial charge in [-0.3, -0.25) is 4.90 Å². The third kappa shape index (κ3) is 3.82. The first-order valence-electron chi connectivity index (χ1n) is 6.68. The van der Waals surface area contributed by atoms with Gasteiger partial charge in [-0.15, -0.1) is 0 Å². The molecule has 0 amide bonds. The van der Waals surface area contributed by atoms with Crippen LogP contribution in [-0.2, 0) is 13.0 Å². The minimum atomic E-state index is 0.846. The Morgan fingerprint density at radius 1 is 1.24 bits per heavy atom. The van der Waals surface area contributed by atoms with Gasteiger partial charge in [0.15, 0.2) is 0 Å². The first kappa shape index (κ1) is 13.1. The van der Waals surface area contributed by atoms with Crippen LogP contribution < -0.4 is 0 Å². The van der Waals surface area contributed by atoms with E-state index in [0.717, 1.165) is 24.2 Å². The van der Waals surface area contributed by atoms with Crippen molar-refractivity contribution in [1.29, 1.82) is 0 Å². The number of nitrogens with zero attached hydrogens (tertiary/aromatic N) is 1. The lowest BCUT2D eigenvalue weighted by molar-refractivity contribution is 0.179. The maximum atomic E-state index is 3.62. The van der Waals surface area contributed by atoms with E-state index in [1.54, 1.807) is 0 Å². The van der Waals surface area contributed by atoms with Crippen LogP contribution in [0.15, 0.2) is 24.3 Å². The van der Waals surface area contributed by atoms with Crippen LogP contribution in [0, 0.1) is 5.92 Å². The molecule has 0 saturated carbocycles. The lowest BCUT2D eigenvalue weighted by Crippen LogP contribution is -2.35. The van der Waals surface area contributed by atoms with Gasteiger partial charge in [0.05, 0.1) is 0 Å². The van der Waals surface area contributed by atoms with Gasteiger partial charge >= 0.3 is 0 Å². The lowest BCUT2D eigenvalue weighted by Gasteiger charge is -2.31. The third-order valence-corrected chi connectivity index (χ3v) is 4.57. The Kier molecular flexibility index (Phi) is 5.05. The minimum absolute atomic E-state index is 0.846. The Labute approximate surface area is 113 Å². The number of likely N-dealkylation sites (tertiary alicyclic amines) is 1. The Bertz CT molecular complexity index is 333. The maximum Gasteiger partial charge on any atom is 0.0233 e. The zero-order valence-electron chi connectivity index (χ0n) is 10.7. The van der Waals surface area contributed by atoms with Gasteiger partial charge in [0.2, 0.25) is 0 Å². The van der Waals surface area contributed by atoms with Crippen LogP contribution in [0.25, 0.3) is 0 Å². The summed E-state index contributed by atoms with van der Waals surface area (Å²) in [6.45, 7) is 5.84. The van der Waals surface area contributed by atoms with Crippen molar-refractivity contribution in [3.63, 3.8) is 0 Å². The number of piperidine rings is 1. The summed E-state index contributed by atoms with van der Waals surface area (Å²) >= 11 is 3.62. The van der Waals surface area contributed by atoms with E-state index in [9.17, 15) is 0 Å². The van der Waals surface area contributed by atoms with Crippen LogP contribution in [0.1, 0.15) is 30.9 Å². The summed E-state index contributed by atoms with van der Waals surface area (Å²) in [6, 6.07) is 9.11. The van der Waals surface area contributed by atoms with E-state index < -0.39 is 0 Å². The highest BCUT2D eigenvalue weighted by molar-refractivity contribution is 9.09. The predicted octanol–water partition coefficient (Wildman–Crippen LogP) is 3.86. The molecule has 0 N–H and O–H groups in total. The summed E-state index contributed by atoms with van der Waals surface area (Å²) in [7, 11) is 0.